The van der Waals surface area contributed by atoms with Crippen molar-refractivity contribution in [2.24, 2.45) is 0 Å². The predicted molar refractivity (Wildman–Crippen MR) is 101 cm³/mol. The summed E-state index contributed by atoms with van der Waals surface area (Å²) >= 11 is 0. The third-order valence-corrected chi connectivity index (χ3v) is 4.34. The Hall–Kier alpha value is -3.81. The molecule has 29 heavy (non-hydrogen) atoms. The van der Waals surface area contributed by atoms with Crippen molar-refractivity contribution in [1.29, 1.82) is 0 Å². The van der Waals surface area contributed by atoms with Crippen LogP contribution in [0.3, 0.4) is 0 Å². The van der Waals surface area contributed by atoms with Crippen LogP contribution in [0.4, 0.5) is 0 Å². The molecule has 0 unspecified atom stereocenters. The first kappa shape index (κ1) is 18.5. The second kappa shape index (κ2) is 7.67. The lowest BCUT2D eigenvalue weighted by Crippen LogP contribution is -2.19. The van der Waals surface area contributed by atoms with E-state index in [2.05, 4.69) is 0 Å². The SMILES string of the molecule is Cc1cc(=O)oc2cc(OCC(=O)OCC(=O)c3ccc4c(c3)OCO4)ccc12. The van der Waals surface area contributed by atoms with Gasteiger partial charge in [0, 0.05) is 23.1 Å². The molecule has 0 fully saturated rings. The average molecular weight is 396 g/mol. The fraction of sp³-hybridized carbons (Fsp3) is 0.190. The number of hydrogen-bond acceptors (Lipinski definition) is 8. The van der Waals surface area contributed by atoms with Crippen LogP contribution in [0.25, 0.3) is 11.0 Å². The minimum absolute atomic E-state index is 0.108. The van der Waals surface area contributed by atoms with Crippen molar-refractivity contribution in [2.75, 3.05) is 20.0 Å². The molecule has 0 bridgehead atoms. The fourth-order valence-electron chi connectivity index (χ4n) is 2.88. The second-order valence-electron chi connectivity index (χ2n) is 6.35. The molecule has 0 saturated carbocycles. The highest BCUT2D eigenvalue weighted by atomic mass is 16.7. The zero-order valence-corrected chi connectivity index (χ0v) is 15.4. The van der Waals surface area contributed by atoms with E-state index in [-0.39, 0.29) is 12.6 Å². The zero-order chi connectivity index (χ0) is 20.4. The Balaban J connectivity index is 1.32. The van der Waals surface area contributed by atoms with E-state index in [1.54, 1.807) is 37.3 Å². The zero-order valence-electron chi connectivity index (χ0n) is 15.4. The Morgan fingerprint density at radius 3 is 2.69 bits per heavy atom. The van der Waals surface area contributed by atoms with Gasteiger partial charge in [-0.3, -0.25) is 4.79 Å². The molecule has 8 heteroatoms. The van der Waals surface area contributed by atoms with E-state index in [9.17, 15) is 14.4 Å². The molecule has 0 radical (unpaired) electrons. The van der Waals surface area contributed by atoms with Crippen LogP contribution in [-0.4, -0.2) is 31.8 Å². The number of ketones is 1. The minimum Gasteiger partial charge on any atom is -0.482 e. The molecule has 4 rings (SSSR count). The number of carbonyl (C=O) groups excluding carboxylic acids is 2. The second-order valence-corrected chi connectivity index (χ2v) is 6.35. The summed E-state index contributed by atoms with van der Waals surface area (Å²) in [6, 6.07) is 11.1. The molecule has 1 aromatic heterocycles. The number of hydrogen-bond donors (Lipinski definition) is 0. The van der Waals surface area contributed by atoms with Crippen molar-refractivity contribution >= 4 is 22.7 Å². The molecule has 0 saturated heterocycles. The van der Waals surface area contributed by atoms with Gasteiger partial charge in [0.15, 0.2) is 30.5 Å². The maximum Gasteiger partial charge on any atom is 0.344 e. The molecule has 0 N–H and O–H groups in total. The molecule has 3 aromatic rings. The normalized spacial score (nSPS) is 12.0. The van der Waals surface area contributed by atoms with Gasteiger partial charge in [-0.05, 0) is 42.8 Å². The van der Waals surface area contributed by atoms with Crippen LogP contribution in [-0.2, 0) is 9.53 Å². The van der Waals surface area contributed by atoms with E-state index in [0.29, 0.717) is 28.4 Å². The van der Waals surface area contributed by atoms with Crippen LogP contribution in [0, 0.1) is 6.92 Å². The lowest BCUT2D eigenvalue weighted by Gasteiger charge is -2.08. The number of Topliss-reactive ketones (excluding diaryl/α,β-unsaturated/α-hetero) is 1. The molecule has 2 aromatic carbocycles. The standard InChI is InChI=1S/C21H16O8/c1-12-6-20(23)29-18-8-14(3-4-15(12)18)25-10-21(24)26-9-16(22)13-2-5-17-19(7-13)28-11-27-17/h2-8H,9-11H2,1H3. The van der Waals surface area contributed by atoms with Crippen LogP contribution >= 0.6 is 0 Å². The molecular weight excluding hydrogens is 380 g/mol. The fourth-order valence-corrected chi connectivity index (χ4v) is 2.88. The third kappa shape index (κ3) is 4.06. The number of fused-ring (bicyclic) bond motifs is 2. The van der Waals surface area contributed by atoms with Crippen LogP contribution in [0.15, 0.2) is 51.7 Å². The number of benzene rings is 2. The van der Waals surface area contributed by atoms with Crippen molar-refractivity contribution in [1.82, 2.24) is 0 Å². The van der Waals surface area contributed by atoms with Crippen molar-refractivity contribution in [3.63, 3.8) is 0 Å². The van der Waals surface area contributed by atoms with Crippen molar-refractivity contribution < 1.29 is 33.0 Å². The lowest BCUT2D eigenvalue weighted by atomic mass is 10.1. The molecule has 2 heterocycles. The lowest BCUT2D eigenvalue weighted by molar-refractivity contribution is -0.144. The van der Waals surface area contributed by atoms with E-state index in [1.807, 2.05) is 0 Å². The van der Waals surface area contributed by atoms with Gasteiger partial charge in [0.1, 0.15) is 11.3 Å². The van der Waals surface area contributed by atoms with Gasteiger partial charge in [-0.25, -0.2) is 9.59 Å². The Morgan fingerprint density at radius 1 is 1.00 bits per heavy atom. The topological polar surface area (TPSA) is 101 Å². The summed E-state index contributed by atoms with van der Waals surface area (Å²) in [4.78, 5) is 35.6. The summed E-state index contributed by atoms with van der Waals surface area (Å²) in [6.07, 6.45) is 0. The maximum absolute atomic E-state index is 12.2. The number of ether oxygens (including phenoxy) is 4. The summed E-state index contributed by atoms with van der Waals surface area (Å²) in [6.45, 7) is 1.09. The van der Waals surface area contributed by atoms with E-state index in [4.69, 9.17) is 23.4 Å². The quantitative estimate of drug-likeness (QED) is 0.356. The van der Waals surface area contributed by atoms with E-state index in [1.165, 1.54) is 12.1 Å². The van der Waals surface area contributed by atoms with E-state index in [0.717, 1.165) is 10.9 Å². The first-order chi connectivity index (χ1) is 14.0. The van der Waals surface area contributed by atoms with E-state index >= 15 is 0 Å². The van der Waals surface area contributed by atoms with Crippen molar-refractivity contribution in [2.45, 2.75) is 6.92 Å². The van der Waals surface area contributed by atoms with Crippen molar-refractivity contribution in [3.05, 3.63) is 64.0 Å². The van der Waals surface area contributed by atoms with E-state index < -0.39 is 24.8 Å². The molecule has 148 valence electrons. The molecule has 0 amide bonds. The van der Waals surface area contributed by atoms with Crippen LogP contribution in [0.5, 0.6) is 17.2 Å². The highest BCUT2D eigenvalue weighted by Gasteiger charge is 2.17. The largest absolute Gasteiger partial charge is 0.482 e. The molecule has 0 aliphatic carbocycles. The molecule has 0 atom stereocenters. The van der Waals surface area contributed by atoms with Gasteiger partial charge in [-0.2, -0.15) is 0 Å². The summed E-state index contributed by atoms with van der Waals surface area (Å²) in [5.41, 5.74) is 1.03. The molecule has 8 nitrogen and oxygen atoms in total. The highest BCUT2D eigenvalue weighted by Crippen LogP contribution is 2.32. The number of carbonyl (C=O) groups is 2. The average Bonchev–Trinajstić information content (AvgIpc) is 3.17. The predicted octanol–water partition coefficient (Wildman–Crippen LogP) is 2.64. The number of aryl methyl sites for hydroxylation is 1. The van der Waals surface area contributed by atoms with Gasteiger partial charge < -0.3 is 23.4 Å². The molecule has 1 aliphatic rings. The Kier molecular flexibility index (Phi) is 4.90. The Labute approximate surface area is 164 Å². The maximum atomic E-state index is 12.2. The number of rotatable bonds is 6. The monoisotopic (exact) mass is 396 g/mol. The summed E-state index contributed by atoms with van der Waals surface area (Å²) in [7, 11) is 0. The summed E-state index contributed by atoms with van der Waals surface area (Å²) < 4.78 is 25.9. The Bertz CT molecular complexity index is 1160. The van der Waals surface area contributed by atoms with Gasteiger partial charge in [-0.1, -0.05) is 0 Å². The summed E-state index contributed by atoms with van der Waals surface area (Å²) in [5, 5.41) is 0.772. The minimum atomic E-state index is -0.704. The van der Waals surface area contributed by atoms with Crippen molar-refractivity contribution in [3.8, 4) is 17.2 Å². The molecular formula is C21H16O8. The van der Waals surface area contributed by atoms with Gasteiger partial charge >= 0.3 is 11.6 Å². The van der Waals surface area contributed by atoms with Gasteiger partial charge in [-0.15, -0.1) is 0 Å². The van der Waals surface area contributed by atoms with Crippen LogP contribution in [0.1, 0.15) is 15.9 Å². The van der Waals surface area contributed by atoms with Gasteiger partial charge in [0.05, 0.1) is 0 Å². The van der Waals surface area contributed by atoms with Gasteiger partial charge in [0.2, 0.25) is 6.79 Å². The number of esters is 1. The first-order valence-electron chi connectivity index (χ1n) is 8.75. The van der Waals surface area contributed by atoms with Crippen LogP contribution < -0.4 is 19.8 Å². The highest BCUT2D eigenvalue weighted by molar-refractivity contribution is 5.98. The molecule has 0 spiro atoms. The smallest absolute Gasteiger partial charge is 0.344 e. The first-order valence-corrected chi connectivity index (χ1v) is 8.75. The van der Waals surface area contributed by atoms with Crippen LogP contribution in [0.2, 0.25) is 0 Å². The third-order valence-electron chi connectivity index (χ3n) is 4.34. The van der Waals surface area contributed by atoms with Gasteiger partial charge in [0.25, 0.3) is 0 Å². The molecule has 1 aliphatic heterocycles. The summed E-state index contributed by atoms with van der Waals surface area (Å²) in [5.74, 6) is 0.298. The Morgan fingerprint density at radius 2 is 1.83 bits per heavy atom.